The highest BCUT2D eigenvalue weighted by molar-refractivity contribution is 7.89. The fourth-order valence-electron chi connectivity index (χ4n) is 1.61. The van der Waals surface area contributed by atoms with Gasteiger partial charge in [-0.25, -0.2) is 17.9 Å². The Bertz CT molecular complexity index is 727. The molecule has 0 bridgehead atoms. The molecule has 0 aliphatic heterocycles. The average molecular weight is 314 g/mol. The first-order valence-corrected chi connectivity index (χ1v) is 7.93. The second kappa shape index (κ2) is 5.70. The zero-order chi connectivity index (χ0) is 14.8. The summed E-state index contributed by atoms with van der Waals surface area (Å²) in [5.74, 6) is -1.10. The summed E-state index contributed by atoms with van der Waals surface area (Å²) in [6.07, 6.45) is 0.0816. The molecule has 5 nitrogen and oxygen atoms in total. The first-order chi connectivity index (χ1) is 9.36. The lowest BCUT2D eigenvalue weighted by atomic mass is 10.3. The molecule has 0 saturated heterocycles. The molecule has 0 saturated carbocycles. The van der Waals surface area contributed by atoms with Crippen LogP contribution in [0, 0.1) is 5.82 Å². The fraction of sp³-hybridized carbons (Fsp3) is 0.0833. The number of benzene rings is 1. The lowest BCUT2D eigenvalue weighted by molar-refractivity contribution is -0.115. The molecule has 0 aliphatic carbocycles. The van der Waals surface area contributed by atoms with E-state index < -0.39 is 21.7 Å². The van der Waals surface area contributed by atoms with Crippen LogP contribution in [0.2, 0.25) is 0 Å². The predicted molar refractivity (Wildman–Crippen MR) is 74.4 cm³/mol. The number of anilines is 1. The van der Waals surface area contributed by atoms with Gasteiger partial charge in [-0.3, -0.25) is 4.79 Å². The molecule has 0 radical (unpaired) electrons. The van der Waals surface area contributed by atoms with Crippen molar-refractivity contribution in [2.24, 2.45) is 5.14 Å². The van der Waals surface area contributed by atoms with Gasteiger partial charge < -0.3 is 5.32 Å². The molecule has 0 fully saturated rings. The molecule has 1 heterocycles. The third kappa shape index (κ3) is 3.62. The van der Waals surface area contributed by atoms with E-state index in [-0.39, 0.29) is 17.0 Å². The summed E-state index contributed by atoms with van der Waals surface area (Å²) in [6.45, 7) is 0. The normalized spacial score (nSPS) is 11.3. The quantitative estimate of drug-likeness (QED) is 0.900. The molecule has 0 unspecified atom stereocenters. The van der Waals surface area contributed by atoms with E-state index in [9.17, 15) is 17.6 Å². The van der Waals surface area contributed by atoms with Crippen LogP contribution < -0.4 is 10.5 Å². The van der Waals surface area contributed by atoms with Gasteiger partial charge in [0.25, 0.3) is 0 Å². The monoisotopic (exact) mass is 314 g/mol. The Morgan fingerprint density at radius 3 is 2.70 bits per heavy atom. The van der Waals surface area contributed by atoms with E-state index in [0.717, 1.165) is 23.1 Å². The fourth-order valence-corrected chi connectivity index (χ4v) is 2.99. The molecule has 1 aromatic heterocycles. The van der Waals surface area contributed by atoms with E-state index in [1.165, 1.54) is 11.3 Å². The highest BCUT2D eigenvalue weighted by atomic mass is 32.2. The number of nitrogens with one attached hydrogen (secondary N) is 1. The van der Waals surface area contributed by atoms with Crippen molar-refractivity contribution in [3.8, 4) is 0 Å². The number of hydrogen-bond donors (Lipinski definition) is 2. The van der Waals surface area contributed by atoms with Crippen LogP contribution in [-0.2, 0) is 21.2 Å². The zero-order valence-electron chi connectivity index (χ0n) is 10.2. The number of sulfonamides is 1. The smallest absolute Gasteiger partial charge is 0.240 e. The van der Waals surface area contributed by atoms with E-state index in [2.05, 4.69) is 5.32 Å². The highest BCUT2D eigenvalue weighted by Crippen LogP contribution is 2.21. The van der Waals surface area contributed by atoms with Gasteiger partial charge in [-0.2, -0.15) is 0 Å². The van der Waals surface area contributed by atoms with Crippen LogP contribution in [0.1, 0.15) is 4.88 Å². The highest BCUT2D eigenvalue weighted by Gasteiger charge is 2.16. The zero-order valence-corrected chi connectivity index (χ0v) is 11.8. The second-order valence-electron chi connectivity index (χ2n) is 3.99. The molecule has 2 aromatic rings. The largest absolute Gasteiger partial charge is 0.324 e. The van der Waals surface area contributed by atoms with Gasteiger partial charge >= 0.3 is 0 Å². The Morgan fingerprint density at radius 2 is 2.10 bits per heavy atom. The van der Waals surface area contributed by atoms with Gasteiger partial charge in [-0.1, -0.05) is 6.07 Å². The molecule has 0 aliphatic rings. The third-order valence-corrected chi connectivity index (χ3v) is 4.28. The van der Waals surface area contributed by atoms with E-state index in [0.29, 0.717) is 0 Å². The number of thiophene rings is 1. The van der Waals surface area contributed by atoms with Crippen molar-refractivity contribution in [1.82, 2.24) is 0 Å². The van der Waals surface area contributed by atoms with Crippen LogP contribution in [0.5, 0.6) is 0 Å². The predicted octanol–water partition coefficient (Wildman–Crippen LogP) is 1.72. The maximum absolute atomic E-state index is 13.2. The summed E-state index contributed by atoms with van der Waals surface area (Å²) in [6, 6.07) is 6.48. The summed E-state index contributed by atoms with van der Waals surface area (Å²) in [4.78, 5) is 12.3. The van der Waals surface area contributed by atoms with Gasteiger partial charge in [0, 0.05) is 4.88 Å². The summed E-state index contributed by atoms with van der Waals surface area (Å²) in [7, 11) is -4.04. The molecular weight excluding hydrogens is 303 g/mol. The molecule has 20 heavy (non-hydrogen) atoms. The molecule has 1 amide bonds. The van der Waals surface area contributed by atoms with Gasteiger partial charge in [-0.05, 0) is 29.6 Å². The number of carbonyl (C=O) groups is 1. The van der Waals surface area contributed by atoms with Crippen LogP contribution in [0.15, 0.2) is 40.6 Å². The third-order valence-electron chi connectivity index (χ3n) is 2.44. The SMILES string of the molecule is NS(=O)(=O)c1ccc(F)cc1NC(=O)Cc1cccs1. The van der Waals surface area contributed by atoms with E-state index >= 15 is 0 Å². The van der Waals surface area contributed by atoms with Crippen LogP contribution in [0.3, 0.4) is 0 Å². The Balaban J connectivity index is 2.24. The number of nitrogens with two attached hydrogens (primary N) is 1. The summed E-state index contributed by atoms with van der Waals surface area (Å²) in [5.41, 5.74) is -0.158. The van der Waals surface area contributed by atoms with Gasteiger partial charge in [0.15, 0.2) is 0 Å². The van der Waals surface area contributed by atoms with E-state index in [1.54, 1.807) is 12.1 Å². The number of rotatable bonds is 4. The number of carbonyl (C=O) groups excluding carboxylic acids is 1. The van der Waals surface area contributed by atoms with E-state index in [4.69, 9.17) is 5.14 Å². The molecule has 0 spiro atoms. The Kier molecular flexibility index (Phi) is 4.17. The van der Waals surface area contributed by atoms with Gasteiger partial charge in [0.1, 0.15) is 10.7 Å². The minimum absolute atomic E-state index is 0.0816. The Morgan fingerprint density at radius 1 is 1.35 bits per heavy atom. The molecule has 1 aromatic carbocycles. The van der Waals surface area contributed by atoms with Crippen molar-refractivity contribution in [2.45, 2.75) is 11.3 Å². The number of halogens is 1. The molecule has 3 N–H and O–H groups in total. The number of hydrogen-bond acceptors (Lipinski definition) is 4. The van der Waals surface area contributed by atoms with Gasteiger partial charge in [0.05, 0.1) is 12.1 Å². The molecule has 106 valence electrons. The van der Waals surface area contributed by atoms with Crippen molar-refractivity contribution in [3.63, 3.8) is 0 Å². The van der Waals surface area contributed by atoms with Crippen molar-refractivity contribution >= 4 is 33.0 Å². The lowest BCUT2D eigenvalue weighted by Gasteiger charge is -2.09. The molecular formula is C12H11FN2O3S2. The van der Waals surface area contributed by atoms with E-state index in [1.807, 2.05) is 5.38 Å². The summed E-state index contributed by atoms with van der Waals surface area (Å²) in [5, 5.41) is 9.20. The average Bonchev–Trinajstić information content (AvgIpc) is 2.79. The van der Waals surface area contributed by atoms with Crippen LogP contribution in [-0.4, -0.2) is 14.3 Å². The standard InChI is InChI=1S/C12H11FN2O3S2/c13-8-3-4-11(20(14,17)18)10(6-8)15-12(16)7-9-2-1-5-19-9/h1-6H,7H2,(H,15,16)(H2,14,17,18). The van der Waals surface area contributed by atoms with Crippen molar-refractivity contribution in [3.05, 3.63) is 46.4 Å². The molecule has 2 rings (SSSR count). The topological polar surface area (TPSA) is 89.3 Å². The first-order valence-electron chi connectivity index (χ1n) is 5.51. The number of amides is 1. The summed E-state index contributed by atoms with van der Waals surface area (Å²) >= 11 is 1.40. The van der Waals surface area contributed by atoms with Gasteiger partial charge in [0.2, 0.25) is 15.9 Å². The minimum Gasteiger partial charge on any atom is -0.324 e. The maximum atomic E-state index is 13.2. The Hall–Kier alpha value is -1.77. The maximum Gasteiger partial charge on any atom is 0.240 e. The number of primary sulfonamides is 1. The van der Waals surface area contributed by atoms with Crippen molar-refractivity contribution < 1.29 is 17.6 Å². The second-order valence-corrected chi connectivity index (χ2v) is 6.55. The molecule has 8 heteroatoms. The van der Waals surface area contributed by atoms with Crippen LogP contribution in [0.4, 0.5) is 10.1 Å². The lowest BCUT2D eigenvalue weighted by Crippen LogP contribution is -2.19. The minimum atomic E-state index is -4.04. The first kappa shape index (κ1) is 14.6. The van der Waals surface area contributed by atoms with Crippen LogP contribution in [0.25, 0.3) is 0 Å². The summed E-state index contributed by atoms with van der Waals surface area (Å²) < 4.78 is 35.9. The van der Waals surface area contributed by atoms with Crippen LogP contribution >= 0.6 is 11.3 Å². The van der Waals surface area contributed by atoms with Crippen molar-refractivity contribution in [1.29, 1.82) is 0 Å². The molecule has 0 atom stereocenters. The Labute approximate surface area is 119 Å². The van der Waals surface area contributed by atoms with Crippen molar-refractivity contribution in [2.75, 3.05) is 5.32 Å². The van der Waals surface area contributed by atoms with Gasteiger partial charge in [-0.15, -0.1) is 11.3 Å².